The van der Waals surface area contributed by atoms with Crippen molar-refractivity contribution in [3.05, 3.63) is 144 Å². The first-order valence-electron chi connectivity index (χ1n) is 20.1. The van der Waals surface area contributed by atoms with Crippen LogP contribution in [0.15, 0.2) is 127 Å². The van der Waals surface area contributed by atoms with E-state index in [-0.39, 0.29) is 37.0 Å². The summed E-state index contributed by atoms with van der Waals surface area (Å²) in [5.74, 6) is 2.15. The molecule has 0 saturated heterocycles. The van der Waals surface area contributed by atoms with Crippen molar-refractivity contribution in [2.24, 2.45) is 10.4 Å². The average Bonchev–Trinajstić information content (AvgIpc) is 3.72. The molecule has 16 heteroatoms. The number of hydrogen-bond donors (Lipinski definition) is 1. The monoisotopic (exact) mass is 879 g/mol. The number of benzene rings is 4. The van der Waals surface area contributed by atoms with E-state index in [0.717, 1.165) is 34.0 Å². The van der Waals surface area contributed by atoms with Gasteiger partial charge in [0.2, 0.25) is 0 Å². The fraction of sp³-hybridized carbons (Fsp3) is 0.326. The van der Waals surface area contributed by atoms with Crippen molar-refractivity contribution in [2.75, 3.05) is 60.2 Å². The molecule has 0 radical (unpaired) electrons. The van der Waals surface area contributed by atoms with Crippen molar-refractivity contribution in [1.82, 2.24) is 29.5 Å². The highest BCUT2D eigenvalue weighted by Crippen LogP contribution is 2.45. The van der Waals surface area contributed by atoms with Crippen LogP contribution in [0.25, 0.3) is 11.2 Å². The van der Waals surface area contributed by atoms with Crippen LogP contribution >= 0.6 is 19.3 Å². The zero-order chi connectivity index (χ0) is 44.0. The number of fused-ring (bicyclic) bond motifs is 1. The Balaban J connectivity index is 1.11. The minimum Gasteiger partial charge on any atom is -0.497 e. The number of imidazole rings is 1. The molecule has 0 aliphatic rings. The predicted octanol–water partition coefficient (Wildman–Crippen LogP) is 8.33. The Morgan fingerprint density at radius 1 is 0.839 bits per heavy atom. The Morgan fingerprint density at radius 3 is 2.06 bits per heavy atom. The molecule has 4 aromatic carbocycles. The lowest BCUT2D eigenvalue weighted by molar-refractivity contribution is -0.124. The van der Waals surface area contributed by atoms with Crippen LogP contribution in [0.4, 0.5) is 5.82 Å². The first kappa shape index (κ1) is 46.1. The van der Waals surface area contributed by atoms with Crippen molar-refractivity contribution in [3.63, 3.8) is 0 Å². The van der Waals surface area contributed by atoms with Crippen molar-refractivity contribution in [1.29, 1.82) is 0 Å². The number of carbonyl (C=O) groups excluding carboxylic acids is 1. The van der Waals surface area contributed by atoms with Crippen LogP contribution in [-0.4, -0.2) is 96.1 Å². The molecule has 6 rings (SSSR count). The van der Waals surface area contributed by atoms with Crippen LogP contribution in [-0.2, 0) is 42.0 Å². The maximum atomic E-state index is 14.2. The van der Waals surface area contributed by atoms with Gasteiger partial charge in [-0.2, -0.15) is 0 Å². The van der Waals surface area contributed by atoms with Gasteiger partial charge in [-0.1, -0.05) is 96.7 Å². The highest BCUT2D eigenvalue weighted by atomic mass is 32.2. The van der Waals surface area contributed by atoms with E-state index < -0.39 is 18.5 Å². The number of hydrogen-bond acceptors (Lipinski definition) is 12. The molecular formula is C46H54N7O7PS. The minimum absolute atomic E-state index is 0.0424. The van der Waals surface area contributed by atoms with Gasteiger partial charge in [-0.15, -0.1) is 0 Å². The van der Waals surface area contributed by atoms with E-state index in [4.69, 9.17) is 23.5 Å². The zero-order valence-electron chi connectivity index (χ0n) is 36.0. The summed E-state index contributed by atoms with van der Waals surface area (Å²) >= 11 is 1.12. The molecule has 2 heterocycles. The van der Waals surface area contributed by atoms with Gasteiger partial charge in [-0.05, 0) is 60.4 Å². The van der Waals surface area contributed by atoms with Gasteiger partial charge in [0.25, 0.3) is 7.52 Å². The number of rotatable bonds is 23. The van der Waals surface area contributed by atoms with Gasteiger partial charge >= 0.3 is 0 Å². The summed E-state index contributed by atoms with van der Waals surface area (Å²) in [6.07, 6.45) is 4.57. The van der Waals surface area contributed by atoms with Gasteiger partial charge < -0.3 is 32.9 Å². The molecule has 2 aromatic heterocycles. The molecule has 0 bridgehead atoms. The van der Waals surface area contributed by atoms with Gasteiger partial charge in [-0.3, -0.25) is 9.36 Å². The topological polar surface area (TPSA) is 152 Å². The van der Waals surface area contributed by atoms with Crippen LogP contribution in [0.1, 0.15) is 36.1 Å². The fourth-order valence-electron chi connectivity index (χ4n) is 6.52. The molecule has 6 aromatic rings. The summed E-state index contributed by atoms with van der Waals surface area (Å²) in [4.78, 5) is 33.2. The molecule has 0 spiro atoms. The van der Waals surface area contributed by atoms with Crippen LogP contribution < -0.4 is 14.6 Å². The Bertz CT molecular complexity index is 2370. The van der Waals surface area contributed by atoms with Crippen LogP contribution in [0.3, 0.4) is 0 Å². The number of thioether (sulfide) groups is 1. The lowest BCUT2D eigenvalue weighted by Gasteiger charge is -2.38. The van der Waals surface area contributed by atoms with Crippen molar-refractivity contribution in [3.8, 4) is 11.5 Å². The second-order valence-electron chi connectivity index (χ2n) is 15.2. The molecular weight excluding hydrogens is 826 g/mol. The van der Waals surface area contributed by atoms with Crippen molar-refractivity contribution >= 4 is 47.7 Å². The molecule has 0 aliphatic carbocycles. The smallest absolute Gasteiger partial charge is 0.295 e. The van der Waals surface area contributed by atoms with Gasteiger partial charge in [0.15, 0.2) is 22.1 Å². The van der Waals surface area contributed by atoms with E-state index in [1.165, 1.54) is 6.33 Å². The number of methoxy groups -OCH3 is 2. The summed E-state index contributed by atoms with van der Waals surface area (Å²) < 4.78 is 46.1. The normalized spacial score (nSPS) is 13.0. The Morgan fingerprint density at radius 2 is 1.45 bits per heavy atom. The number of carbonyl (C=O) groups is 1. The first-order chi connectivity index (χ1) is 30.0. The zero-order valence-corrected chi connectivity index (χ0v) is 37.7. The van der Waals surface area contributed by atoms with Gasteiger partial charge in [-0.25, -0.2) is 25.0 Å². The van der Waals surface area contributed by atoms with Gasteiger partial charge in [0.05, 0.1) is 52.1 Å². The lowest BCUT2D eigenvalue weighted by atomic mass is 9.79. The second kappa shape index (κ2) is 21.6. The van der Waals surface area contributed by atoms with Gasteiger partial charge in [0, 0.05) is 32.9 Å². The maximum Gasteiger partial charge on any atom is 0.295 e. The maximum absolute atomic E-state index is 14.2. The minimum atomic E-state index is -3.53. The Kier molecular flexibility index (Phi) is 16.1. The fourth-order valence-corrected chi connectivity index (χ4v) is 8.88. The van der Waals surface area contributed by atoms with Crippen LogP contribution in [0, 0.1) is 5.41 Å². The van der Waals surface area contributed by atoms with Gasteiger partial charge in [0.1, 0.15) is 29.8 Å². The SMILES string of the molecule is COc1ccc(C(OCC(C)(C)C(=O)SCCOP(=O)(COCCn2cnc3c(/N=C\N(C)C)ncnc32)NCc2ccccc2)(c2ccccc2)c2ccc(OC)cc2)cc1. The third kappa shape index (κ3) is 11.7. The quantitative estimate of drug-likeness (QED) is 0.0216. The molecule has 1 N–H and O–H groups in total. The molecule has 326 valence electrons. The summed E-state index contributed by atoms with van der Waals surface area (Å²) in [6.45, 7) is 4.78. The van der Waals surface area contributed by atoms with Crippen molar-refractivity contribution < 1.29 is 32.8 Å². The molecule has 0 saturated carbocycles. The van der Waals surface area contributed by atoms with Crippen LogP contribution in [0.5, 0.6) is 11.5 Å². The van der Waals surface area contributed by atoms with Crippen LogP contribution in [0.2, 0.25) is 0 Å². The van der Waals surface area contributed by atoms with E-state index in [1.54, 1.807) is 26.9 Å². The highest BCUT2D eigenvalue weighted by Gasteiger charge is 2.41. The van der Waals surface area contributed by atoms with E-state index in [9.17, 15) is 9.36 Å². The molecule has 62 heavy (non-hydrogen) atoms. The Labute approximate surface area is 367 Å². The van der Waals surface area contributed by atoms with E-state index >= 15 is 0 Å². The first-order valence-corrected chi connectivity index (χ1v) is 22.9. The number of nitrogens with one attached hydrogen (secondary N) is 1. The molecule has 14 nitrogen and oxygen atoms in total. The average molecular weight is 880 g/mol. The standard InChI is InChI=1S/C46H54N7O7PS/c1-45(2,30-59-46(36-15-11-8-12-16-36,37-17-21-39(56-5)22-18-37)38-19-23-40(57-6)24-20-38)44(54)62-28-27-60-61(55,51-29-35-13-9-7-10-14-35)34-58-26-25-53-33-49-41-42(50-32-52(3)4)47-31-48-43(41)53/h7-24,31-33H,25-30,34H2,1-6H3,(H,51,55)/b50-32-. The van der Waals surface area contributed by atoms with Crippen molar-refractivity contribution in [2.45, 2.75) is 32.5 Å². The number of aliphatic imine (C=N–C) groups is 1. The molecule has 1 unspecified atom stereocenters. The number of ether oxygens (including phenoxy) is 4. The van der Waals surface area contributed by atoms with E-state index in [1.807, 2.05) is 147 Å². The summed E-state index contributed by atoms with van der Waals surface area (Å²) in [5.41, 5.74) is 2.74. The summed E-state index contributed by atoms with van der Waals surface area (Å²) in [7, 11) is 3.48. The predicted molar refractivity (Wildman–Crippen MR) is 244 cm³/mol. The third-order valence-corrected chi connectivity index (χ3v) is 12.8. The third-order valence-electron chi connectivity index (χ3n) is 9.89. The summed E-state index contributed by atoms with van der Waals surface area (Å²) in [6, 6.07) is 35.1. The van der Waals surface area contributed by atoms with E-state index in [2.05, 4.69) is 25.0 Å². The molecule has 0 amide bonds. The lowest BCUT2D eigenvalue weighted by Crippen LogP contribution is -2.38. The molecule has 0 fully saturated rings. The van der Waals surface area contributed by atoms with E-state index in [0.29, 0.717) is 41.6 Å². The number of aromatic nitrogens is 4. The molecule has 0 aliphatic heterocycles. The highest BCUT2D eigenvalue weighted by molar-refractivity contribution is 8.13. The summed E-state index contributed by atoms with van der Waals surface area (Å²) in [5, 5.41) is 3.01. The number of nitrogens with zero attached hydrogens (tertiary/aromatic N) is 6. The molecule has 1 atom stereocenters. The second-order valence-corrected chi connectivity index (χ2v) is 18.4. The largest absolute Gasteiger partial charge is 0.497 e. The Hall–Kier alpha value is -5.41.